The van der Waals surface area contributed by atoms with Crippen LogP contribution in [0.1, 0.15) is 55.4 Å². The van der Waals surface area contributed by atoms with Gasteiger partial charge in [0, 0.05) is 13.5 Å². The van der Waals surface area contributed by atoms with Gasteiger partial charge in [0.05, 0.1) is 13.3 Å². The molecule has 0 amide bonds. The molecule has 0 aliphatic heterocycles. The summed E-state index contributed by atoms with van der Waals surface area (Å²) < 4.78 is 6.82. The maximum absolute atomic E-state index is 12.3. The van der Waals surface area contributed by atoms with Crippen LogP contribution < -0.4 is 4.74 Å². The van der Waals surface area contributed by atoms with Gasteiger partial charge < -0.3 is 4.74 Å². The average Bonchev–Trinajstić information content (AvgIpc) is 2.57. The first-order valence-electron chi connectivity index (χ1n) is 6.81. The number of hydrogen-bond donors (Lipinski definition) is 0. The molecule has 1 aromatic rings. The third-order valence-corrected chi connectivity index (χ3v) is 3.84. The Kier molecular flexibility index (Phi) is 4.39. The highest BCUT2D eigenvalue weighted by Gasteiger charge is 2.22. The van der Waals surface area contributed by atoms with Crippen molar-refractivity contribution in [3.05, 3.63) is 11.9 Å². The van der Waals surface area contributed by atoms with Crippen molar-refractivity contribution in [2.75, 3.05) is 7.11 Å². The largest absolute Gasteiger partial charge is 0.493 e. The van der Waals surface area contributed by atoms with Gasteiger partial charge in [-0.25, -0.2) is 0 Å². The van der Waals surface area contributed by atoms with Gasteiger partial charge >= 0.3 is 0 Å². The number of hydrogen-bond acceptors (Lipinski definition) is 3. The molecule has 1 saturated carbocycles. The molecule has 1 aliphatic carbocycles. The number of aryl methyl sites for hydroxylation is 1. The van der Waals surface area contributed by atoms with Gasteiger partial charge in [-0.15, -0.1) is 0 Å². The van der Waals surface area contributed by atoms with Gasteiger partial charge in [0.2, 0.25) is 0 Å². The van der Waals surface area contributed by atoms with E-state index in [4.69, 9.17) is 4.74 Å². The summed E-state index contributed by atoms with van der Waals surface area (Å²) in [4.78, 5) is 12.3. The van der Waals surface area contributed by atoms with Crippen LogP contribution in [0.2, 0.25) is 0 Å². The molecule has 0 spiro atoms. The molecule has 0 aromatic carbocycles. The van der Waals surface area contributed by atoms with Gasteiger partial charge in [-0.05, 0) is 5.92 Å². The molecule has 0 radical (unpaired) electrons. The summed E-state index contributed by atoms with van der Waals surface area (Å²) in [6, 6.07) is 0. The van der Waals surface area contributed by atoms with Gasteiger partial charge in [0.25, 0.3) is 0 Å². The molecule has 0 bridgehead atoms. The minimum Gasteiger partial charge on any atom is -0.493 e. The number of nitrogens with zero attached hydrogens (tertiary/aromatic N) is 2. The highest BCUT2D eigenvalue weighted by atomic mass is 16.5. The van der Waals surface area contributed by atoms with Gasteiger partial charge in [0.15, 0.2) is 11.5 Å². The molecule has 1 aromatic heterocycles. The van der Waals surface area contributed by atoms with Crippen molar-refractivity contribution >= 4 is 5.78 Å². The average molecular weight is 250 g/mol. The Labute approximate surface area is 108 Å². The van der Waals surface area contributed by atoms with E-state index in [2.05, 4.69) is 5.10 Å². The number of methoxy groups -OCH3 is 1. The third kappa shape index (κ3) is 2.92. The highest BCUT2D eigenvalue weighted by molar-refractivity contribution is 5.97. The second kappa shape index (κ2) is 6.03. The Morgan fingerprint density at radius 3 is 2.67 bits per heavy atom. The van der Waals surface area contributed by atoms with E-state index in [-0.39, 0.29) is 5.78 Å². The molecule has 100 valence electrons. The molecule has 2 rings (SSSR count). The summed E-state index contributed by atoms with van der Waals surface area (Å²) in [7, 11) is 3.38. The molecular formula is C14H22N2O2. The van der Waals surface area contributed by atoms with Crippen LogP contribution in [-0.4, -0.2) is 22.7 Å². The first kappa shape index (κ1) is 13.1. The van der Waals surface area contributed by atoms with Crippen LogP contribution in [0.15, 0.2) is 6.20 Å². The topological polar surface area (TPSA) is 44.1 Å². The summed E-state index contributed by atoms with van der Waals surface area (Å²) in [5.74, 6) is 1.30. The van der Waals surface area contributed by atoms with Crippen molar-refractivity contribution in [1.29, 1.82) is 0 Å². The summed E-state index contributed by atoms with van der Waals surface area (Å²) in [6.07, 6.45) is 9.79. The second-order valence-corrected chi connectivity index (χ2v) is 5.17. The smallest absolute Gasteiger partial charge is 0.184 e. The molecule has 1 heterocycles. The number of aromatic nitrogens is 2. The van der Waals surface area contributed by atoms with Crippen molar-refractivity contribution in [3.63, 3.8) is 0 Å². The molecule has 0 N–H and O–H groups in total. The van der Waals surface area contributed by atoms with Crippen molar-refractivity contribution in [1.82, 2.24) is 9.78 Å². The monoisotopic (exact) mass is 250 g/mol. The fourth-order valence-corrected chi connectivity index (χ4v) is 2.81. The predicted octanol–water partition coefficient (Wildman–Crippen LogP) is 2.97. The fraction of sp³-hybridized carbons (Fsp3) is 0.714. The van der Waals surface area contributed by atoms with Crippen molar-refractivity contribution in [2.24, 2.45) is 13.0 Å². The summed E-state index contributed by atoms with van der Waals surface area (Å²) in [5, 5.41) is 4.09. The van der Waals surface area contributed by atoms with Crippen LogP contribution in [0.4, 0.5) is 0 Å². The van der Waals surface area contributed by atoms with Crippen LogP contribution in [0.25, 0.3) is 0 Å². The van der Waals surface area contributed by atoms with E-state index < -0.39 is 0 Å². The van der Waals surface area contributed by atoms with Gasteiger partial charge in [-0.1, -0.05) is 38.5 Å². The lowest BCUT2D eigenvalue weighted by atomic mass is 9.93. The first-order valence-corrected chi connectivity index (χ1v) is 6.81. The van der Waals surface area contributed by atoms with Crippen LogP contribution in [-0.2, 0) is 7.05 Å². The molecule has 1 aliphatic rings. The standard InChI is InChI=1S/C14H22N2O2/c1-16-14(13(18-2)10-15-16)12(17)9-11-7-5-3-4-6-8-11/h10-11H,3-9H2,1-2H3. The minimum absolute atomic E-state index is 0.166. The fourth-order valence-electron chi connectivity index (χ4n) is 2.81. The number of ether oxygens (including phenoxy) is 1. The second-order valence-electron chi connectivity index (χ2n) is 5.17. The lowest BCUT2D eigenvalue weighted by Gasteiger charge is -2.13. The van der Waals surface area contributed by atoms with Gasteiger partial charge in [0.1, 0.15) is 5.69 Å². The van der Waals surface area contributed by atoms with E-state index in [1.807, 2.05) is 0 Å². The first-order chi connectivity index (χ1) is 8.72. The Bertz CT molecular complexity index is 404. The van der Waals surface area contributed by atoms with Gasteiger partial charge in [-0.3, -0.25) is 9.48 Å². The SMILES string of the molecule is COc1cnn(C)c1C(=O)CC1CCCCCC1. The van der Waals surface area contributed by atoms with Crippen molar-refractivity contribution in [3.8, 4) is 5.75 Å². The normalized spacial score (nSPS) is 17.4. The molecule has 0 atom stereocenters. The zero-order chi connectivity index (χ0) is 13.0. The zero-order valence-electron chi connectivity index (χ0n) is 11.3. The van der Waals surface area contributed by atoms with E-state index in [9.17, 15) is 4.79 Å². The maximum atomic E-state index is 12.3. The van der Waals surface area contributed by atoms with E-state index in [0.717, 1.165) is 0 Å². The molecule has 4 nitrogen and oxygen atoms in total. The summed E-state index contributed by atoms with van der Waals surface area (Å²) >= 11 is 0. The molecule has 4 heteroatoms. The summed E-state index contributed by atoms with van der Waals surface area (Å²) in [5.41, 5.74) is 0.613. The Balaban J connectivity index is 2.04. The predicted molar refractivity (Wildman–Crippen MR) is 69.9 cm³/mol. The number of rotatable bonds is 4. The van der Waals surface area contributed by atoms with Crippen LogP contribution in [0.3, 0.4) is 0 Å². The minimum atomic E-state index is 0.166. The van der Waals surface area contributed by atoms with Crippen molar-refractivity contribution in [2.45, 2.75) is 44.9 Å². The van der Waals surface area contributed by atoms with E-state index in [1.165, 1.54) is 38.5 Å². The highest BCUT2D eigenvalue weighted by Crippen LogP contribution is 2.28. The van der Waals surface area contributed by atoms with Gasteiger partial charge in [-0.2, -0.15) is 5.10 Å². The molecule has 0 unspecified atom stereocenters. The lowest BCUT2D eigenvalue weighted by molar-refractivity contribution is 0.0944. The number of carbonyl (C=O) groups is 1. The van der Waals surface area contributed by atoms with E-state index in [1.54, 1.807) is 25.0 Å². The quantitative estimate of drug-likeness (QED) is 0.609. The number of carbonyl (C=O) groups excluding carboxylic acids is 1. The van der Waals surface area contributed by atoms with E-state index in [0.29, 0.717) is 23.8 Å². The maximum Gasteiger partial charge on any atom is 0.184 e. The van der Waals surface area contributed by atoms with Crippen LogP contribution >= 0.6 is 0 Å². The van der Waals surface area contributed by atoms with Crippen molar-refractivity contribution < 1.29 is 9.53 Å². The van der Waals surface area contributed by atoms with E-state index >= 15 is 0 Å². The lowest BCUT2D eigenvalue weighted by Crippen LogP contribution is -2.13. The summed E-state index contributed by atoms with van der Waals surface area (Å²) in [6.45, 7) is 0. The Hall–Kier alpha value is -1.32. The zero-order valence-corrected chi connectivity index (χ0v) is 11.3. The molecule has 1 fully saturated rings. The number of ketones is 1. The molecular weight excluding hydrogens is 228 g/mol. The molecule has 18 heavy (non-hydrogen) atoms. The Morgan fingerprint density at radius 2 is 2.06 bits per heavy atom. The molecule has 0 saturated heterocycles. The number of Topliss-reactive ketones (excluding diaryl/α,β-unsaturated/α-hetero) is 1. The van der Waals surface area contributed by atoms with Crippen LogP contribution in [0.5, 0.6) is 5.75 Å². The Morgan fingerprint density at radius 1 is 1.39 bits per heavy atom. The van der Waals surface area contributed by atoms with Crippen LogP contribution in [0, 0.1) is 5.92 Å². The third-order valence-electron chi connectivity index (χ3n) is 3.84.